The molecule has 0 saturated heterocycles. The number of hydrogen-bond donors (Lipinski definition) is 3. The lowest BCUT2D eigenvalue weighted by Gasteiger charge is -2.25. The maximum Gasteiger partial charge on any atom is 0.573 e. The Labute approximate surface area is 269 Å². The van der Waals surface area contributed by atoms with Crippen molar-refractivity contribution in [1.29, 1.82) is 0 Å². The molecule has 4 aromatic rings. The number of hydrogen-bond acceptors (Lipinski definition) is 7. The van der Waals surface area contributed by atoms with Crippen LogP contribution in [0.5, 0.6) is 5.75 Å². The van der Waals surface area contributed by atoms with E-state index in [9.17, 15) is 27.9 Å². The molecule has 0 radical (unpaired) electrons. The van der Waals surface area contributed by atoms with Crippen LogP contribution in [-0.4, -0.2) is 57.9 Å². The molecule has 3 N–H and O–H groups in total. The molecule has 1 saturated carbocycles. The molecule has 1 aromatic heterocycles. The Hall–Kier alpha value is -4.26. The molecule has 242 valence electrons. The Kier molecular flexibility index (Phi) is 10.7. The lowest BCUT2D eigenvalue weighted by molar-refractivity contribution is -0.274. The number of carbonyl (C=O) groups excluding carboxylic acids is 2. The molecule has 8 nitrogen and oxygen atoms in total. The topological polar surface area (TPSA) is 104 Å². The van der Waals surface area contributed by atoms with E-state index in [-0.39, 0.29) is 36.4 Å². The van der Waals surface area contributed by atoms with Crippen LogP contribution >= 0.6 is 11.3 Å². The van der Waals surface area contributed by atoms with Gasteiger partial charge in [-0.25, -0.2) is 4.98 Å². The average Bonchev–Trinajstić information content (AvgIpc) is 3.79. The van der Waals surface area contributed by atoms with Gasteiger partial charge in [-0.15, -0.1) is 24.5 Å². The molecule has 0 spiro atoms. The number of benzene rings is 3. The van der Waals surface area contributed by atoms with Gasteiger partial charge in [-0.3, -0.25) is 9.59 Å². The normalized spacial score (nSPS) is 14.4. The van der Waals surface area contributed by atoms with Crippen molar-refractivity contribution in [3.63, 3.8) is 0 Å². The minimum Gasteiger partial charge on any atom is -0.406 e. The van der Waals surface area contributed by atoms with Gasteiger partial charge in [0.1, 0.15) is 10.8 Å². The zero-order chi connectivity index (χ0) is 32.7. The van der Waals surface area contributed by atoms with Crippen molar-refractivity contribution < 1.29 is 32.6 Å². The van der Waals surface area contributed by atoms with Crippen LogP contribution < -0.4 is 15.4 Å². The van der Waals surface area contributed by atoms with Crippen LogP contribution in [0.3, 0.4) is 0 Å². The van der Waals surface area contributed by atoms with Crippen LogP contribution in [0.25, 0.3) is 0 Å². The van der Waals surface area contributed by atoms with Gasteiger partial charge in [0, 0.05) is 41.3 Å². The van der Waals surface area contributed by atoms with Crippen molar-refractivity contribution in [2.45, 2.75) is 63.8 Å². The lowest BCUT2D eigenvalue weighted by atomic mass is 10.00. The fraction of sp³-hybridized carbons (Fsp3) is 0.324. The molecule has 0 aliphatic heterocycles. The van der Waals surface area contributed by atoms with Crippen molar-refractivity contribution in [2.75, 3.05) is 6.54 Å². The number of aryl methyl sites for hydroxylation is 1. The predicted molar refractivity (Wildman–Crippen MR) is 168 cm³/mol. The molecule has 0 bridgehead atoms. The molecule has 1 aliphatic rings. The maximum absolute atomic E-state index is 13.6. The lowest BCUT2D eigenvalue weighted by Crippen LogP contribution is -2.48. The number of rotatable bonds is 14. The molecule has 0 unspecified atom stereocenters. The second-order valence-electron chi connectivity index (χ2n) is 11.3. The molecule has 2 amide bonds. The first-order valence-electron chi connectivity index (χ1n) is 14.9. The van der Waals surface area contributed by atoms with Crippen LogP contribution in [0.2, 0.25) is 0 Å². The second kappa shape index (κ2) is 14.9. The number of halogens is 3. The summed E-state index contributed by atoms with van der Waals surface area (Å²) in [6.45, 7) is 2.55. The summed E-state index contributed by atoms with van der Waals surface area (Å²) in [4.78, 5) is 33.4. The highest BCUT2D eigenvalue weighted by atomic mass is 32.1. The number of amides is 2. The fourth-order valence-corrected chi connectivity index (χ4v) is 5.87. The van der Waals surface area contributed by atoms with Crippen LogP contribution in [0.4, 0.5) is 13.2 Å². The highest BCUT2D eigenvalue weighted by Crippen LogP contribution is 2.30. The Balaban J connectivity index is 1.25. The van der Waals surface area contributed by atoms with Crippen LogP contribution in [0, 0.1) is 6.92 Å². The first-order chi connectivity index (χ1) is 22.0. The Morgan fingerprint density at radius 2 is 1.74 bits per heavy atom. The zero-order valence-electron chi connectivity index (χ0n) is 25.2. The summed E-state index contributed by atoms with van der Waals surface area (Å²) in [6, 6.07) is 20.9. The van der Waals surface area contributed by atoms with E-state index in [1.807, 2.05) is 47.5 Å². The van der Waals surface area contributed by atoms with Crippen molar-refractivity contribution in [3.8, 4) is 5.75 Å². The largest absolute Gasteiger partial charge is 0.573 e. The van der Waals surface area contributed by atoms with Crippen molar-refractivity contribution in [3.05, 3.63) is 117 Å². The predicted octanol–water partition coefficient (Wildman–Crippen LogP) is 5.65. The SMILES string of the molecule is Cc1csc(CN(C(=O)c2cccc(C(=O)N[C@@H](Cc3ccccc3)[C@H](O)CNCc3cccc(OC(F)(F)F)c3)c2)C2CC2)n1. The van der Waals surface area contributed by atoms with Gasteiger partial charge in [0.15, 0.2) is 0 Å². The van der Waals surface area contributed by atoms with Gasteiger partial charge in [-0.1, -0.05) is 48.5 Å². The summed E-state index contributed by atoms with van der Waals surface area (Å²) in [5, 5.41) is 20.0. The summed E-state index contributed by atoms with van der Waals surface area (Å²) < 4.78 is 41.8. The second-order valence-corrected chi connectivity index (χ2v) is 12.2. The van der Waals surface area contributed by atoms with Gasteiger partial charge in [0.05, 0.1) is 18.7 Å². The highest BCUT2D eigenvalue weighted by molar-refractivity contribution is 7.09. The van der Waals surface area contributed by atoms with E-state index in [4.69, 9.17) is 0 Å². The first kappa shape index (κ1) is 33.1. The third-order valence-corrected chi connectivity index (χ3v) is 8.44. The molecule has 46 heavy (non-hydrogen) atoms. The number of nitrogens with one attached hydrogen (secondary N) is 2. The Morgan fingerprint density at radius 3 is 2.43 bits per heavy atom. The number of aliphatic hydroxyl groups is 1. The number of ether oxygens (including phenoxy) is 1. The quantitative estimate of drug-likeness (QED) is 0.163. The van der Waals surface area contributed by atoms with E-state index in [0.29, 0.717) is 24.1 Å². The highest BCUT2D eigenvalue weighted by Gasteiger charge is 2.34. The maximum atomic E-state index is 13.6. The van der Waals surface area contributed by atoms with Crippen molar-refractivity contribution in [1.82, 2.24) is 20.5 Å². The number of aliphatic hydroxyl groups excluding tert-OH is 1. The average molecular weight is 653 g/mol. The fourth-order valence-electron chi connectivity index (χ4n) is 5.10. The van der Waals surface area contributed by atoms with Gasteiger partial charge in [-0.05, 0) is 67.6 Å². The Bertz CT molecular complexity index is 1630. The zero-order valence-corrected chi connectivity index (χ0v) is 26.0. The molecule has 5 rings (SSSR count). The summed E-state index contributed by atoms with van der Waals surface area (Å²) in [6.07, 6.45) is -3.66. The minimum atomic E-state index is -4.80. The van der Waals surface area contributed by atoms with Gasteiger partial charge in [0.25, 0.3) is 11.8 Å². The smallest absolute Gasteiger partial charge is 0.406 e. The standard InChI is InChI=1S/C34H35F3N4O4S/c1-22-21-46-31(39-22)20-41(27-13-14-27)33(44)26-11-6-10-25(17-26)32(43)40-29(16-23-7-3-2-4-8-23)30(42)19-38-18-24-9-5-12-28(15-24)45-34(35,36)37/h2-12,15,17,21,27,29-30,38,42H,13-14,16,18-20H2,1H3,(H,40,43)/t29-,30+/m0/s1. The van der Waals surface area contributed by atoms with Crippen molar-refractivity contribution in [2.24, 2.45) is 0 Å². The summed E-state index contributed by atoms with van der Waals surface area (Å²) in [7, 11) is 0. The van der Waals surface area contributed by atoms with Crippen molar-refractivity contribution >= 4 is 23.2 Å². The molecule has 1 aliphatic carbocycles. The Morgan fingerprint density at radius 1 is 1.02 bits per heavy atom. The molecule has 2 atom stereocenters. The number of aromatic nitrogens is 1. The number of thiazole rings is 1. The first-order valence-corrected chi connectivity index (χ1v) is 15.8. The van der Waals surface area contributed by atoms with E-state index < -0.39 is 24.4 Å². The minimum absolute atomic E-state index is 0.0488. The summed E-state index contributed by atoms with van der Waals surface area (Å²) >= 11 is 1.52. The summed E-state index contributed by atoms with van der Waals surface area (Å²) in [5.41, 5.74) is 3.02. The molecule has 3 aromatic carbocycles. The van der Waals surface area contributed by atoms with Crippen LogP contribution in [-0.2, 0) is 19.5 Å². The molecule has 1 fully saturated rings. The van der Waals surface area contributed by atoms with E-state index in [2.05, 4.69) is 20.4 Å². The van der Waals surface area contributed by atoms with Gasteiger partial charge < -0.3 is 25.4 Å². The number of alkyl halides is 3. The van der Waals surface area contributed by atoms with E-state index >= 15 is 0 Å². The molecule has 12 heteroatoms. The van der Waals surface area contributed by atoms with Gasteiger partial charge in [0.2, 0.25) is 0 Å². The van der Waals surface area contributed by atoms with E-state index in [1.165, 1.54) is 29.5 Å². The number of carbonyl (C=O) groups is 2. The third-order valence-electron chi connectivity index (χ3n) is 7.49. The van der Waals surface area contributed by atoms with Gasteiger partial charge in [-0.2, -0.15) is 0 Å². The van der Waals surface area contributed by atoms with E-state index in [1.54, 1.807) is 30.3 Å². The molecular formula is C34H35F3N4O4S. The van der Waals surface area contributed by atoms with Crippen LogP contribution in [0.1, 0.15) is 55.4 Å². The monoisotopic (exact) mass is 652 g/mol. The molecular weight excluding hydrogens is 617 g/mol. The molecule has 1 heterocycles. The van der Waals surface area contributed by atoms with Crippen LogP contribution in [0.15, 0.2) is 84.2 Å². The summed E-state index contributed by atoms with van der Waals surface area (Å²) in [5.74, 6) is -0.944. The third kappa shape index (κ3) is 9.62. The van der Waals surface area contributed by atoms with Gasteiger partial charge >= 0.3 is 6.36 Å². The van der Waals surface area contributed by atoms with E-state index in [0.717, 1.165) is 29.1 Å². The number of nitrogens with zero attached hydrogens (tertiary/aromatic N) is 2.